The third kappa shape index (κ3) is 4.19. The van der Waals surface area contributed by atoms with E-state index in [1.165, 1.54) is 0 Å². The highest BCUT2D eigenvalue weighted by molar-refractivity contribution is 6.29. The molecule has 16 heavy (non-hydrogen) atoms. The van der Waals surface area contributed by atoms with Crippen molar-refractivity contribution in [2.24, 2.45) is 5.92 Å². The predicted octanol–water partition coefficient (Wildman–Crippen LogP) is 3.17. The van der Waals surface area contributed by atoms with Gasteiger partial charge in [-0.3, -0.25) is 4.79 Å². The molecule has 0 aliphatic carbocycles. The van der Waals surface area contributed by atoms with Crippen LogP contribution in [-0.4, -0.2) is 16.1 Å². The van der Waals surface area contributed by atoms with Gasteiger partial charge in [-0.15, -0.1) is 0 Å². The number of nitrogens with zero attached hydrogens (tertiary/aromatic N) is 1. The van der Waals surface area contributed by atoms with Crippen molar-refractivity contribution in [3.05, 3.63) is 29.0 Å². The van der Waals surface area contributed by atoms with Crippen LogP contribution in [0, 0.1) is 5.92 Å². The monoisotopic (exact) mass is 241 g/mol. The van der Waals surface area contributed by atoms with Crippen LogP contribution in [0.4, 0.5) is 0 Å². The first kappa shape index (κ1) is 13.0. The van der Waals surface area contributed by atoms with Gasteiger partial charge < -0.3 is 5.11 Å². The summed E-state index contributed by atoms with van der Waals surface area (Å²) < 4.78 is 0. The summed E-state index contributed by atoms with van der Waals surface area (Å²) in [5, 5.41) is 9.36. The van der Waals surface area contributed by atoms with Gasteiger partial charge in [0.05, 0.1) is 5.92 Å². The normalized spacial score (nSPS) is 12.4. The standard InChI is InChI=1S/C12H16ClNO2/c1-2-10(12(15)16)5-3-4-9-6-7-11(13)14-8-9/h6-8,10H,2-5H2,1H3,(H,15,16). The highest BCUT2D eigenvalue weighted by atomic mass is 35.5. The number of hydrogen-bond donors (Lipinski definition) is 1. The predicted molar refractivity (Wildman–Crippen MR) is 63.6 cm³/mol. The van der Waals surface area contributed by atoms with Gasteiger partial charge in [0.2, 0.25) is 0 Å². The summed E-state index contributed by atoms with van der Waals surface area (Å²) in [4.78, 5) is 14.8. The molecule has 0 spiro atoms. The first-order valence-corrected chi connectivity index (χ1v) is 5.84. The molecular weight excluding hydrogens is 226 g/mol. The van der Waals surface area contributed by atoms with Crippen LogP contribution in [0.1, 0.15) is 31.7 Å². The zero-order valence-electron chi connectivity index (χ0n) is 9.32. The van der Waals surface area contributed by atoms with E-state index in [0.717, 1.165) is 18.4 Å². The van der Waals surface area contributed by atoms with E-state index in [0.29, 0.717) is 18.0 Å². The van der Waals surface area contributed by atoms with E-state index >= 15 is 0 Å². The molecular formula is C12H16ClNO2. The summed E-state index contributed by atoms with van der Waals surface area (Å²) >= 11 is 5.67. The second kappa shape index (κ2) is 6.48. The van der Waals surface area contributed by atoms with Crippen LogP contribution in [0.3, 0.4) is 0 Å². The largest absolute Gasteiger partial charge is 0.481 e. The van der Waals surface area contributed by atoms with E-state index in [-0.39, 0.29) is 5.92 Å². The van der Waals surface area contributed by atoms with Gasteiger partial charge in [0.25, 0.3) is 0 Å². The van der Waals surface area contributed by atoms with E-state index in [4.69, 9.17) is 16.7 Å². The Hall–Kier alpha value is -1.09. The third-order valence-corrected chi connectivity index (χ3v) is 2.87. The van der Waals surface area contributed by atoms with Crippen molar-refractivity contribution in [3.8, 4) is 0 Å². The molecule has 1 heterocycles. The van der Waals surface area contributed by atoms with Gasteiger partial charge in [0.15, 0.2) is 0 Å². The Bertz CT molecular complexity index is 337. The number of carboxylic acid groups (broad SMARTS) is 1. The van der Waals surface area contributed by atoms with Crippen LogP contribution in [0.2, 0.25) is 5.15 Å². The number of hydrogen-bond acceptors (Lipinski definition) is 2. The van der Waals surface area contributed by atoms with Crippen LogP contribution in [0.15, 0.2) is 18.3 Å². The number of rotatable bonds is 6. The minimum Gasteiger partial charge on any atom is -0.481 e. The molecule has 0 aliphatic rings. The van der Waals surface area contributed by atoms with E-state index in [9.17, 15) is 4.79 Å². The molecule has 1 aromatic rings. The van der Waals surface area contributed by atoms with Crippen molar-refractivity contribution >= 4 is 17.6 Å². The highest BCUT2D eigenvalue weighted by Gasteiger charge is 2.13. The molecule has 4 heteroatoms. The van der Waals surface area contributed by atoms with Crippen LogP contribution < -0.4 is 0 Å². The Labute approximate surface area is 100 Å². The minimum atomic E-state index is -0.697. The van der Waals surface area contributed by atoms with Crippen LogP contribution in [0.25, 0.3) is 0 Å². The average Bonchev–Trinajstić information content (AvgIpc) is 2.26. The lowest BCUT2D eigenvalue weighted by molar-refractivity contribution is -0.142. The topological polar surface area (TPSA) is 50.2 Å². The Morgan fingerprint density at radius 2 is 2.31 bits per heavy atom. The number of aromatic nitrogens is 1. The van der Waals surface area contributed by atoms with Crippen LogP contribution in [-0.2, 0) is 11.2 Å². The highest BCUT2D eigenvalue weighted by Crippen LogP contribution is 2.14. The molecule has 0 aliphatic heterocycles. The maximum absolute atomic E-state index is 10.8. The molecule has 1 atom stereocenters. The van der Waals surface area contributed by atoms with Gasteiger partial charge >= 0.3 is 5.97 Å². The molecule has 1 aromatic heterocycles. The summed E-state index contributed by atoms with van der Waals surface area (Å²) in [6.07, 6.45) is 4.87. The molecule has 3 nitrogen and oxygen atoms in total. The van der Waals surface area contributed by atoms with Gasteiger partial charge in [0.1, 0.15) is 5.15 Å². The Kier molecular flexibility index (Phi) is 5.26. The molecule has 1 N–H and O–H groups in total. The summed E-state index contributed by atoms with van der Waals surface area (Å²) in [5.74, 6) is -0.919. The summed E-state index contributed by atoms with van der Waals surface area (Å²) in [6.45, 7) is 1.91. The Morgan fingerprint density at radius 1 is 1.56 bits per heavy atom. The van der Waals surface area contributed by atoms with Crippen molar-refractivity contribution in [2.75, 3.05) is 0 Å². The minimum absolute atomic E-state index is 0.222. The molecule has 0 aromatic carbocycles. The fourth-order valence-corrected chi connectivity index (χ4v) is 1.72. The lowest BCUT2D eigenvalue weighted by Crippen LogP contribution is -2.12. The fraction of sp³-hybridized carbons (Fsp3) is 0.500. The zero-order valence-corrected chi connectivity index (χ0v) is 10.1. The fourth-order valence-electron chi connectivity index (χ4n) is 1.61. The molecule has 0 saturated heterocycles. The van der Waals surface area contributed by atoms with Gasteiger partial charge in [-0.25, -0.2) is 4.98 Å². The molecule has 0 bridgehead atoms. The van der Waals surface area contributed by atoms with Gasteiger partial charge in [-0.2, -0.15) is 0 Å². The van der Waals surface area contributed by atoms with E-state index < -0.39 is 5.97 Å². The van der Waals surface area contributed by atoms with Crippen molar-refractivity contribution in [1.82, 2.24) is 4.98 Å². The Balaban J connectivity index is 2.35. The number of aryl methyl sites for hydroxylation is 1. The van der Waals surface area contributed by atoms with Crippen LogP contribution in [0.5, 0.6) is 0 Å². The van der Waals surface area contributed by atoms with Crippen molar-refractivity contribution in [3.63, 3.8) is 0 Å². The molecule has 0 saturated carbocycles. The Morgan fingerprint density at radius 3 is 2.81 bits per heavy atom. The summed E-state index contributed by atoms with van der Waals surface area (Å²) in [5.41, 5.74) is 1.10. The summed E-state index contributed by atoms with van der Waals surface area (Å²) in [7, 11) is 0. The smallest absolute Gasteiger partial charge is 0.306 e. The number of pyridine rings is 1. The number of aliphatic carboxylic acids is 1. The second-order valence-corrected chi connectivity index (χ2v) is 4.21. The van der Waals surface area contributed by atoms with E-state index in [1.807, 2.05) is 13.0 Å². The quantitative estimate of drug-likeness (QED) is 0.779. The number of carboxylic acids is 1. The average molecular weight is 242 g/mol. The van der Waals surface area contributed by atoms with E-state index in [2.05, 4.69) is 4.98 Å². The van der Waals surface area contributed by atoms with Gasteiger partial charge in [0, 0.05) is 6.20 Å². The maximum atomic E-state index is 10.8. The molecule has 1 unspecified atom stereocenters. The number of carbonyl (C=O) groups is 1. The first-order valence-electron chi connectivity index (χ1n) is 5.46. The van der Waals surface area contributed by atoms with Gasteiger partial charge in [-0.05, 0) is 37.3 Å². The third-order valence-electron chi connectivity index (χ3n) is 2.65. The molecule has 88 valence electrons. The lowest BCUT2D eigenvalue weighted by Gasteiger charge is -2.08. The van der Waals surface area contributed by atoms with Gasteiger partial charge in [-0.1, -0.05) is 24.6 Å². The number of halogens is 1. The van der Waals surface area contributed by atoms with Crippen molar-refractivity contribution in [2.45, 2.75) is 32.6 Å². The van der Waals surface area contributed by atoms with Crippen molar-refractivity contribution < 1.29 is 9.90 Å². The molecule has 1 rings (SSSR count). The van der Waals surface area contributed by atoms with Crippen molar-refractivity contribution in [1.29, 1.82) is 0 Å². The zero-order chi connectivity index (χ0) is 12.0. The second-order valence-electron chi connectivity index (χ2n) is 3.82. The maximum Gasteiger partial charge on any atom is 0.306 e. The molecule has 0 fully saturated rings. The first-order chi connectivity index (χ1) is 7.63. The molecule has 0 amide bonds. The molecule has 0 radical (unpaired) electrons. The van der Waals surface area contributed by atoms with Crippen LogP contribution >= 0.6 is 11.6 Å². The summed E-state index contributed by atoms with van der Waals surface area (Å²) in [6, 6.07) is 3.68. The van der Waals surface area contributed by atoms with E-state index in [1.54, 1.807) is 12.3 Å². The SMILES string of the molecule is CCC(CCCc1ccc(Cl)nc1)C(=O)O. The lowest BCUT2D eigenvalue weighted by atomic mass is 9.98.